The number of nitrogens with zero attached hydrogens (tertiary/aromatic N) is 5. The molecule has 1 saturated heterocycles. The normalized spacial score (nSPS) is 14.2. The molecule has 2 heterocycles. The van der Waals surface area contributed by atoms with E-state index in [1.807, 2.05) is 6.92 Å². The number of aromatic nitrogens is 3. The lowest BCUT2D eigenvalue weighted by atomic mass is 10.1. The molecule has 0 saturated carbocycles. The van der Waals surface area contributed by atoms with Gasteiger partial charge in [0.2, 0.25) is 5.96 Å². The molecule has 1 aromatic heterocycles. The summed E-state index contributed by atoms with van der Waals surface area (Å²) in [5.41, 5.74) is 2.91. The number of nitrogens with one attached hydrogen (secondary N) is 2. The van der Waals surface area contributed by atoms with E-state index in [-0.39, 0.29) is 24.2 Å². The number of amides is 3. The average Bonchev–Trinajstić information content (AvgIpc) is 3.56. The molecule has 0 bridgehead atoms. The molecule has 1 fully saturated rings. The van der Waals surface area contributed by atoms with Gasteiger partial charge in [0, 0.05) is 11.3 Å². The van der Waals surface area contributed by atoms with Crippen LogP contribution in [0.25, 0.3) is 17.1 Å². The molecule has 14 heteroatoms. The predicted octanol–water partition coefficient (Wildman–Crippen LogP) is 4.67. The Kier molecular flexibility index (Phi) is 7.29. The summed E-state index contributed by atoms with van der Waals surface area (Å²) in [6, 6.07) is 16.4. The SMILES string of the molecule is COc1ccc(N2C(=O)CN/C2=N\C(=O)Nc2ccc(-c3ncn(-c4ccc(OC(F)(F)F)cc4)n3)cc2)c(C)c1. The maximum Gasteiger partial charge on any atom is 0.573 e. The Morgan fingerprint density at radius 2 is 1.76 bits per heavy atom. The number of anilines is 2. The van der Waals surface area contributed by atoms with E-state index in [0.717, 1.165) is 5.56 Å². The molecule has 3 aromatic carbocycles. The highest BCUT2D eigenvalue weighted by Crippen LogP contribution is 2.27. The maximum absolute atomic E-state index is 12.7. The van der Waals surface area contributed by atoms with Gasteiger partial charge < -0.3 is 20.1 Å². The average molecular weight is 566 g/mol. The summed E-state index contributed by atoms with van der Waals surface area (Å²) in [5.74, 6) is 0.499. The highest BCUT2D eigenvalue weighted by molar-refractivity contribution is 6.24. The van der Waals surface area contributed by atoms with Gasteiger partial charge in [-0.05, 0) is 79.2 Å². The lowest BCUT2D eigenvalue weighted by Gasteiger charge is -2.18. The number of carbonyl (C=O) groups is 2. The standard InChI is InChI=1S/C27H22F3N7O4/c1-16-13-21(40-2)11-12-22(16)37-23(38)14-31-25(37)34-26(39)33-18-5-3-17(4-6-18)24-32-15-36(35-24)19-7-9-20(10-8-19)41-27(28,29)30/h3-13,15H,14H2,1-2H3,(H2,31,33,34,39). The Labute approximate surface area is 231 Å². The highest BCUT2D eigenvalue weighted by atomic mass is 19.4. The van der Waals surface area contributed by atoms with Crippen LogP contribution in [0.4, 0.5) is 29.3 Å². The van der Waals surface area contributed by atoms with Crippen molar-refractivity contribution in [1.29, 1.82) is 0 Å². The van der Waals surface area contributed by atoms with Gasteiger partial charge in [0.05, 0.1) is 25.0 Å². The van der Waals surface area contributed by atoms with Gasteiger partial charge in [0.1, 0.15) is 17.8 Å². The van der Waals surface area contributed by atoms with Gasteiger partial charge >= 0.3 is 12.4 Å². The minimum atomic E-state index is -4.77. The second kappa shape index (κ2) is 11.0. The summed E-state index contributed by atoms with van der Waals surface area (Å²) in [7, 11) is 1.55. The highest BCUT2D eigenvalue weighted by Gasteiger charge is 2.31. The number of hydrogen-bond donors (Lipinski definition) is 2. The number of alkyl halides is 3. The second-order valence-corrected chi connectivity index (χ2v) is 8.73. The largest absolute Gasteiger partial charge is 0.573 e. The van der Waals surface area contributed by atoms with E-state index >= 15 is 0 Å². The van der Waals surface area contributed by atoms with E-state index in [4.69, 9.17) is 4.74 Å². The van der Waals surface area contributed by atoms with Gasteiger partial charge in [0.25, 0.3) is 5.91 Å². The van der Waals surface area contributed by atoms with Crippen molar-refractivity contribution < 1.29 is 32.2 Å². The second-order valence-electron chi connectivity index (χ2n) is 8.73. The number of guanidine groups is 1. The van der Waals surface area contributed by atoms with E-state index in [1.54, 1.807) is 49.6 Å². The van der Waals surface area contributed by atoms with Crippen molar-refractivity contribution in [2.45, 2.75) is 13.3 Å². The summed E-state index contributed by atoms with van der Waals surface area (Å²) in [4.78, 5) is 34.8. The van der Waals surface area contributed by atoms with Crippen LogP contribution < -0.4 is 25.0 Å². The third-order valence-electron chi connectivity index (χ3n) is 5.93. The van der Waals surface area contributed by atoms with Crippen LogP contribution in [0, 0.1) is 6.92 Å². The fourth-order valence-electron chi connectivity index (χ4n) is 4.05. The van der Waals surface area contributed by atoms with Crippen molar-refractivity contribution in [3.63, 3.8) is 0 Å². The van der Waals surface area contributed by atoms with E-state index < -0.39 is 12.4 Å². The number of aliphatic imine (C=N–C) groups is 1. The molecule has 11 nitrogen and oxygen atoms in total. The molecule has 4 aromatic rings. The maximum atomic E-state index is 12.7. The Bertz CT molecular complexity index is 1620. The zero-order chi connectivity index (χ0) is 29.1. The molecule has 0 spiro atoms. The number of halogens is 3. The minimum Gasteiger partial charge on any atom is -0.497 e. The number of rotatable bonds is 6. The third-order valence-corrected chi connectivity index (χ3v) is 5.93. The number of ether oxygens (including phenoxy) is 2. The molecule has 0 unspecified atom stereocenters. The first-order chi connectivity index (χ1) is 19.6. The van der Waals surface area contributed by atoms with Crippen LogP contribution in [0.2, 0.25) is 0 Å². The van der Waals surface area contributed by atoms with E-state index in [2.05, 4.69) is 30.4 Å². The van der Waals surface area contributed by atoms with Crippen molar-refractivity contribution >= 4 is 29.3 Å². The van der Waals surface area contributed by atoms with Crippen molar-refractivity contribution in [3.05, 3.63) is 78.6 Å². The molecule has 1 aliphatic rings. The van der Waals surface area contributed by atoms with Crippen LogP contribution in [0.5, 0.6) is 11.5 Å². The molecule has 5 rings (SSSR count). The van der Waals surface area contributed by atoms with Crippen molar-refractivity contribution in [2.75, 3.05) is 23.9 Å². The zero-order valence-corrected chi connectivity index (χ0v) is 21.6. The summed E-state index contributed by atoms with van der Waals surface area (Å²) in [5, 5.41) is 9.86. The lowest BCUT2D eigenvalue weighted by Crippen LogP contribution is -2.34. The molecular weight excluding hydrogens is 543 g/mol. The topological polar surface area (TPSA) is 123 Å². The Balaban J connectivity index is 1.25. The predicted molar refractivity (Wildman–Crippen MR) is 143 cm³/mol. The van der Waals surface area contributed by atoms with Crippen molar-refractivity contribution in [3.8, 4) is 28.6 Å². The van der Waals surface area contributed by atoms with Crippen LogP contribution in [-0.4, -0.2) is 52.7 Å². The smallest absolute Gasteiger partial charge is 0.497 e. The number of benzene rings is 3. The minimum absolute atomic E-state index is 0.00257. The first kappa shape index (κ1) is 27.2. The Hall–Kier alpha value is -5.40. The van der Waals surface area contributed by atoms with Crippen molar-refractivity contribution in [1.82, 2.24) is 20.1 Å². The Morgan fingerprint density at radius 1 is 1.05 bits per heavy atom. The summed E-state index contributed by atoms with van der Waals surface area (Å²) in [6.07, 6.45) is -3.35. The third kappa shape index (κ3) is 6.27. The molecule has 1 aliphatic heterocycles. The van der Waals surface area contributed by atoms with Gasteiger partial charge in [-0.15, -0.1) is 18.3 Å². The van der Waals surface area contributed by atoms with Gasteiger partial charge in [-0.25, -0.2) is 19.4 Å². The summed E-state index contributed by atoms with van der Waals surface area (Å²) < 4.78 is 47.6. The van der Waals surface area contributed by atoms with Gasteiger partial charge in [0.15, 0.2) is 5.82 Å². The monoisotopic (exact) mass is 565 g/mol. The quantitative estimate of drug-likeness (QED) is 0.348. The number of carbonyl (C=O) groups excluding carboxylic acids is 2. The van der Waals surface area contributed by atoms with Gasteiger partial charge in [-0.1, -0.05) is 0 Å². The van der Waals surface area contributed by atoms with Crippen LogP contribution in [0.1, 0.15) is 5.56 Å². The zero-order valence-electron chi connectivity index (χ0n) is 21.6. The van der Waals surface area contributed by atoms with Gasteiger partial charge in [-0.2, -0.15) is 4.99 Å². The van der Waals surface area contributed by atoms with Crippen molar-refractivity contribution in [2.24, 2.45) is 4.99 Å². The molecule has 41 heavy (non-hydrogen) atoms. The molecule has 0 aliphatic carbocycles. The van der Waals surface area contributed by atoms with Gasteiger partial charge in [-0.3, -0.25) is 4.79 Å². The van der Waals surface area contributed by atoms with Crippen LogP contribution in [0.15, 0.2) is 78.0 Å². The van der Waals surface area contributed by atoms with Crippen LogP contribution in [-0.2, 0) is 4.79 Å². The fraction of sp³-hybridized carbons (Fsp3) is 0.148. The molecular formula is C27H22F3N7O4. The molecule has 0 atom stereocenters. The summed E-state index contributed by atoms with van der Waals surface area (Å²) in [6.45, 7) is 1.82. The first-order valence-corrected chi connectivity index (χ1v) is 12.1. The first-order valence-electron chi connectivity index (χ1n) is 12.1. The molecule has 3 amide bonds. The number of hydrogen-bond acceptors (Lipinski definition) is 6. The fourth-order valence-corrected chi connectivity index (χ4v) is 4.05. The van der Waals surface area contributed by atoms with Crippen LogP contribution >= 0.6 is 0 Å². The lowest BCUT2D eigenvalue weighted by molar-refractivity contribution is -0.274. The molecule has 210 valence electrons. The van der Waals surface area contributed by atoms with E-state index in [0.29, 0.717) is 34.2 Å². The number of urea groups is 1. The number of aryl methyl sites for hydroxylation is 1. The van der Waals surface area contributed by atoms with E-state index in [1.165, 1.54) is 40.2 Å². The molecule has 0 radical (unpaired) electrons. The Morgan fingerprint density at radius 3 is 2.41 bits per heavy atom. The number of methoxy groups -OCH3 is 1. The van der Waals surface area contributed by atoms with E-state index in [9.17, 15) is 22.8 Å². The van der Waals surface area contributed by atoms with Crippen LogP contribution in [0.3, 0.4) is 0 Å². The molecule has 2 N–H and O–H groups in total. The summed E-state index contributed by atoms with van der Waals surface area (Å²) >= 11 is 0.